The van der Waals surface area contributed by atoms with E-state index in [1.54, 1.807) is 0 Å². The quantitative estimate of drug-likeness (QED) is 0.795. The summed E-state index contributed by atoms with van der Waals surface area (Å²) in [7, 11) is 0. The van der Waals surface area contributed by atoms with E-state index in [0.717, 1.165) is 16.9 Å². The number of rotatable bonds is 6. The molecule has 0 saturated heterocycles. The van der Waals surface area contributed by atoms with Gasteiger partial charge in [-0.05, 0) is 68.1 Å². The maximum Gasteiger partial charge on any atom is 0.306 e. The number of hydrogen-bond acceptors (Lipinski definition) is 3. The van der Waals surface area contributed by atoms with Gasteiger partial charge in [0.05, 0.1) is 6.61 Å². The molecule has 3 nitrogen and oxygen atoms in total. The number of carbonyl (C=O) groups is 1. The summed E-state index contributed by atoms with van der Waals surface area (Å²) in [5.41, 5.74) is 5.79. The zero-order valence-corrected chi connectivity index (χ0v) is 13.5. The van der Waals surface area contributed by atoms with Gasteiger partial charge < -0.3 is 10.1 Å². The van der Waals surface area contributed by atoms with E-state index in [2.05, 4.69) is 43.4 Å². The van der Waals surface area contributed by atoms with Crippen molar-refractivity contribution in [2.45, 2.75) is 33.6 Å². The van der Waals surface area contributed by atoms with Gasteiger partial charge in [0.15, 0.2) is 0 Å². The Kier molecular flexibility index (Phi) is 5.59. The first kappa shape index (κ1) is 16.1. The number of aryl methyl sites for hydroxylation is 3. The molecule has 0 fully saturated rings. The molecule has 0 aliphatic heterocycles. The van der Waals surface area contributed by atoms with Crippen LogP contribution in [-0.2, 0) is 16.0 Å². The van der Waals surface area contributed by atoms with Crippen LogP contribution in [0.5, 0.6) is 0 Å². The van der Waals surface area contributed by atoms with Crippen molar-refractivity contribution in [3.05, 3.63) is 59.2 Å². The third kappa shape index (κ3) is 4.62. The summed E-state index contributed by atoms with van der Waals surface area (Å²) >= 11 is 0. The summed E-state index contributed by atoms with van der Waals surface area (Å²) in [6, 6.07) is 14.5. The topological polar surface area (TPSA) is 38.3 Å². The van der Waals surface area contributed by atoms with Crippen molar-refractivity contribution in [1.29, 1.82) is 0 Å². The van der Waals surface area contributed by atoms with Crippen LogP contribution in [0.1, 0.15) is 30.0 Å². The van der Waals surface area contributed by atoms with Crippen molar-refractivity contribution in [3.63, 3.8) is 0 Å². The van der Waals surface area contributed by atoms with Crippen molar-refractivity contribution >= 4 is 17.3 Å². The van der Waals surface area contributed by atoms with E-state index in [4.69, 9.17) is 4.74 Å². The Balaban J connectivity index is 2.01. The first-order valence-electron chi connectivity index (χ1n) is 7.67. The Bertz CT molecular complexity index is 650. The first-order valence-corrected chi connectivity index (χ1v) is 7.67. The maximum atomic E-state index is 11.4. The normalized spacial score (nSPS) is 10.3. The molecule has 0 aliphatic rings. The lowest BCUT2D eigenvalue weighted by Gasteiger charge is -2.10. The maximum absolute atomic E-state index is 11.4. The van der Waals surface area contributed by atoms with Gasteiger partial charge in [0.2, 0.25) is 0 Å². The molecule has 0 heterocycles. The van der Waals surface area contributed by atoms with Crippen LogP contribution in [0.15, 0.2) is 42.5 Å². The summed E-state index contributed by atoms with van der Waals surface area (Å²) in [5, 5.41) is 3.41. The first-order chi connectivity index (χ1) is 10.6. The number of esters is 1. The number of carbonyl (C=O) groups excluding carboxylic acids is 1. The number of ether oxygens (including phenoxy) is 1. The average molecular weight is 297 g/mol. The second-order valence-electron chi connectivity index (χ2n) is 5.43. The fourth-order valence-electron chi connectivity index (χ4n) is 2.27. The van der Waals surface area contributed by atoms with Gasteiger partial charge in [-0.25, -0.2) is 0 Å². The smallest absolute Gasteiger partial charge is 0.306 e. The lowest BCUT2D eigenvalue weighted by atomic mass is 10.1. The molecule has 0 saturated carbocycles. The lowest BCUT2D eigenvalue weighted by Crippen LogP contribution is -2.05. The Morgan fingerprint density at radius 1 is 1.05 bits per heavy atom. The number of nitrogens with one attached hydrogen (secondary N) is 1. The number of benzene rings is 2. The van der Waals surface area contributed by atoms with Gasteiger partial charge in [-0.2, -0.15) is 0 Å². The highest BCUT2D eigenvalue weighted by atomic mass is 16.5. The van der Waals surface area contributed by atoms with Crippen molar-refractivity contribution in [3.8, 4) is 0 Å². The Hall–Kier alpha value is -2.29. The lowest BCUT2D eigenvalue weighted by molar-refractivity contribution is -0.143. The molecule has 0 aliphatic carbocycles. The van der Waals surface area contributed by atoms with Crippen molar-refractivity contribution in [1.82, 2.24) is 0 Å². The van der Waals surface area contributed by atoms with Crippen LogP contribution >= 0.6 is 0 Å². The third-order valence-corrected chi connectivity index (χ3v) is 3.65. The third-order valence-electron chi connectivity index (χ3n) is 3.65. The van der Waals surface area contributed by atoms with Gasteiger partial charge in [-0.3, -0.25) is 4.79 Å². The minimum atomic E-state index is -0.143. The standard InChI is InChI=1S/C19H23NO2/c1-4-22-19(21)11-9-16-6-5-7-17(13-16)20-18-10-8-14(2)15(3)12-18/h5-8,10,12-13,20H,4,9,11H2,1-3H3. The fraction of sp³-hybridized carbons (Fsp3) is 0.316. The van der Waals surface area contributed by atoms with Crippen LogP contribution in [0.4, 0.5) is 11.4 Å². The molecule has 2 rings (SSSR count). The molecular formula is C19H23NO2. The summed E-state index contributed by atoms with van der Waals surface area (Å²) in [6.45, 7) is 6.48. The van der Waals surface area contributed by atoms with Gasteiger partial charge in [-0.1, -0.05) is 18.2 Å². The van der Waals surface area contributed by atoms with Gasteiger partial charge in [0.1, 0.15) is 0 Å². The van der Waals surface area contributed by atoms with Crippen LogP contribution in [-0.4, -0.2) is 12.6 Å². The highest BCUT2D eigenvalue weighted by Gasteiger charge is 2.04. The van der Waals surface area contributed by atoms with Crippen molar-refractivity contribution < 1.29 is 9.53 Å². The van der Waals surface area contributed by atoms with E-state index in [9.17, 15) is 4.79 Å². The molecule has 2 aromatic carbocycles. The monoisotopic (exact) mass is 297 g/mol. The molecule has 0 amide bonds. The molecule has 2 aromatic rings. The average Bonchev–Trinajstić information content (AvgIpc) is 2.50. The molecular weight excluding hydrogens is 274 g/mol. The van der Waals surface area contributed by atoms with Crippen LogP contribution in [0.3, 0.4) is 0 Å². The van der Waals surface area contributed by atoms with E-state index in [0.29, 0.717) is 19.4 Å². The highest BCUT2D eigenvalue weighted by molar-refractivity contribution is 5.70. The van der Waals surface area contributed by atoms with Crippen LogP contribution < -0.4 is 5.32 Å². The van der Waals surface area contributed by atoms with E-state index in [1.165, 1.54) is 11.1 Å². The van der Waals surface area contributed by atoms with Gasteiger partial charge in [0, 0.05) is 17.8 Å². The zero-order chi connectivity index (χ0) is 15.9. The van der Waals surface area contributed by atoms with E-state index >= 15 is 0 Å². The molecule has 116 valence electrons. The summed E-state index contributed by atoms with van der Waals surface area (Å²) in [4.78, 5) is 11.4. The van der Waals surface area contributed by atoms with Crippen molar-refractivity contribution in [2.24, 2.45) is 0 Å². The second kappa shape index (κ2) is 7.64. The molecule has 0 aromatic heterocycles. The Labute approximate surface area is 132 Å². The van der Waals surface area contributed by atoms with Crippen LogP contribution in [0.2, 0.25) is 0 Å². The fourth-order valence-corrected chi connectivity index (χ4v) is 2.27. The summed E-state index contributed by atoms with van der Waals surface area (Å²) < 4.78 is 4.96. The zero-order valence-electron chi connectivity index (χ0n) is 13.5. The molecule has 3 heteroatoms. The SMILES string of the molecule is CCOC(=O)CCc1cccc(Nc2ccc(C)c(C)c2)c1. The molecule has 0 radical (unpaired) electrons. The predicted octanol–water partition coefficient (Wildman–Crippen LogP) is 4.54. The van der Waals surface area contributed by atoms with Crippen molar-refractivity contribution in [2.75, 3.05) is 11.9 Å². The molecule has 22 heavy (non-hydrogen) atoms. The van der Waals surface area contributed by atoms with Crippen LogP contribution in [0.25, 0.3) is 0 Å². The number of anilines is 2. The highest BCUT2D eigenvalue weighted by Crippen LogP contribution is 2.21. The Morgan fingerprint density at radius 2 is 1.82 bits per heavy atom. The second-order valence-corrected chi connectivity index (χ2v) is 5.43. The summed E-state index contributed by atoms with van der Waals surface area (Å²) in [5.74, 6) is -0.143. The Morgan fingerprint density at radius 3 is 2.55 bits per heavy atom. The number of hydrogen-bond donors (Lipinski definition) is 1. The van der Waals surface area contributed by atoms with Crippen LogP contribution in [0, 0.1) is 13.8 Å². The molecule has 1 N–H and O–H groups in total. The molecule has 0 atom stereocenters. The minimum absolute atomic E-state index is 0.143. The predicted molar refractivity (Wildman–Crippen MR) is 90.6 cm³/mol. The molecule has 0 bridgehead atoms. The van der Waals surface area contributed by atoms with E-state index in [1.807, 2.05) is 25.1 Å². The van der Waals surface area contributed by atoms with Gasteiger partial charge in [0.25, 0.3) is 0 Å². The van der Waals surface area contributed by atoms with E-state index < -0.39 is 0 Å². The van der Waals surface area contributed by atoms with Gasteiger partial charge >= 0.3 is 5.97 Å². The van der Waals surface area contributed by atoms with E-state index in [-0.39, 0.29) is 5.97 Å². The minimum Gasteiger partial charge on any atom is -0.466 e. The summed E-state index contributed by atoms with van der Waals surface area (Å²) in [6.07, 6.45) is 1.11. The molecule has 0 spiro atoms. The molecule has 0 unspecified atom stereocenters. The van der Waals surface area contributed by atoms with Gasteiger partial charge in [-0.15, -0.1) is 0 Å². The largest absolute Gasteiger partial charge is 0.466 e.